The maximum atomic E-state index is 5.95. The molecular weight excluding hydrogens is 296 g/mol. The molecule has 3 nitrogen and oxygen atoms in total. The third-order valence-corrected chi connectivity index (χ3v) is 3.78. The molecule has 3 aromatic rings. The number of alkyl halides is 1. The first-order chi connectivity index (χ1) is 10.8. The highest BCUT2D eigenvalue weighted by atomic mass is 35.5. The summed E-state index contributed by atoms with van der Waals surface area (Å²) >= 11 is 5.85. The lowest BCUT2D eigenvalue weighted by molar-refractivity contribution is -0.515. The summed E-state index contributed by atoms with van der Waals surface area (Å²) in [6.45, 7) is 2.54. The van der Waals surface area contributed by atoms with E-state index in [1.54, 1.807) is 0 Å². The second kappa shape index (κ2) is 6.75. The van der Waals surface area contributed by atoms with Crippen molar-refractivity contribution in [3.63, 3.8) is 0 Å². The van der Waals surface area contributed by atoms with E-state index in [9.17, 15) is 0 Å². The quantitative estimate of drug-likeness (QED) is 0.532. The third kappa shape index (κ3) is 3.20. The average Bonchev–Trinajstić information content (AvgIpc) is 2.55. The second-order valence-corrected chi connectivity index (χ2v) is 5.55. The van der Waals surface area contributed by atoms with Crippen LogP contribution in [0.5, 0.6) is 5.75 Å². The molecule has 0 aliphatic heterocycles. The molecule has 0 bridgehead atoms. The van der Waals surface area contributed by atoms with Crippen molar-refractivity contribution in [1.82, 2.24) is 4.98 Å². The van der Waals surface area contributed by atoms with Crippen molar-refractivity contribution in [2.75, 3.05) is 5.88 Å². The Kier molecular flexibility index (Phi) is 4.54. The zero-order valence-corrected chi connectivity index (χ0v) is 13.3. The van der Waals surface area contributed by atoms with Crippen LogP contribution < -0.4 is 9.14 Å². The van der Waals surface area contributed by atoms with Crippen molar-refractivity contribution in [2.45, 2.75) is 20.0 Å². The maximum Gasteiger partial charge on any atom is 0.370 e. The Bertz CT molecular complexity index is 775. The molecule has 0 aliphatic rings. The molecule has 2 aromatic heterocycles. The van der Waals surface area contributed by atoms with Crippen molar-refractivity contribution in [1.29, 1.82) is 0 Å². The molecule has 0 radical (unpaired) electrons. The minimum Gasteiger partial charge on any atom is -0.481 e. The van der Waals surface area contributed by atoms with Crippen molar-refractivity contribution < 1.29 is 9.14 Å². The van der Waals surface area contributed by atoms with Gasteiger partial charge in [0.1, 0.15) is 12.8 Å². The Hall–Kier alpha value is -2.13. The van der Waals surface area contributed by atoms with Gasteiger partial charge in [0.15, 0.2) is 5.69 Å². The fraction of sp³-hybridized carbons (Fsp3) is 0.222. The van der Waals surface area contributed by atoms with Crippen molar-refractivity contribution in [3.8, 4) is 5.75 Å². The van der Waals surface area contributed by atoms with Crippen LogP contribution in [0.2, 0.25) is 0 Å². The van der Waals surface area contributed by atoms with Gasteiger partial charge in [-0.1, -0.05) is 30.3 Å². The molecule has 0 N–H and O–H groups in total. The van der Waals surface area contributed by atoms with Gasteiger partial charge >= 0.3 is 5.65 Å². The number of halogens is 1. The normalized spacial score (nSPS) is 10.8. The van der Waals surface area contributed by atoms with Crippen LogP contribution in [0.25, 0.3) is 5.65 Å². The van der Waals surface area contributed by atoms with E-state index in [0.717, 1.165) is 34.6 Å². The van der Waals surface area contributed by atoms with Crippen molar-refractivity contribution in [2.24, 2.45) is 0 Å². The Balaban J connectivity index is 1.91. The zero-order valence-electron chi connectivity index (χ0n) is 12.5. The van der Waals surface area contributed by atoms with E-state index < -0.39 is 0 Å². The molecule has 4 heteroatoms. The highest BCUT2D eigenvalue weighted by molar-refractivity contribution is 6.17. The predicted octanol–water partition coefficient (Wildman–Crippen LogP) is 3.49. The summed E-state index contributed by atoms with van der Waals surface area (Å²) in [5.41, 5.74) is 4.12. The van der Waals surface area contributed by atoms with Gasteiger partial charge in [-0.25, -0.2) is 0 Å². The van der Waals surface area contributed by atoms with Gasteiger partial charge in [-0.3, -0.25) is 0 Å². The smallest absolute Gasteiger partial charge is 0.370 e. The lowest BCUT2D eigenvalue weighted by Crippen LogP contribution is -2.25. The molecule has 1 aromatic carbocycles. The van der Waals surface area contributed by atoms with Crippen LogP contribution in [0.15, 0.2) is 54.9 Å². The van der Waals surface area contributed by atoms with E-state index in [1.165, 1.54) is 0 Å². The van der Waals surface area contributed by atoms with Gasteiger partial charge in [0, 0.05) is 18.4 Å². The number of fused-ring (bicyclic) bond motifs is 1. The largest absolute Gasteiger partial charge is 0.481 e. The molecule has 0 atom stereocenters. The molecular formula is C18H18ClN2O+. The van der Waals surface area contributed by atoms with E-state index in [2.05, 4.69) is 23.3 Å². The van der Waals surface area contributed by atoms with E-state index in [4.69, 9.17) is 16.3 Å². The molecule has 0 unspecified atom stereocenters. The average molecular weight is 314 g/mol. The SMILES string of the molecule is Cc1nc2c(OCc3ccccc3)ccc[n+]2cc1CCCl. The fourth-order valence-electron chi connectivity index (χ4n) is 2.40. The van der Waals surface area contributed by atoms with Gasteiger partial charge < -0.3 is 4.74 Å². The van der Waals surface area contributed by atoms with Gasteiger partial charge in [0.25, 0.3) is 0 Å². The summed E-state index contributed by atoms with van der Waals surface area (Å²) < 4.78 is 7.95. The first kappa shape index (κ1) is 14.8. The Morgan fingerprint density at radius 1 is 1.14 bits per heavy atom. The molecule has 0 fully saturated rings. The molecule has 22 heavy (non-hydrogen) atoms. The van der Waals surface area contributed by atoms with Crippen LogP contribution in [0.3, 0.4) is 0 Å². The maximum absolute atomic E-state index is 5.95. The first-order valence-electron chi connectivity index (χ1n) is 7.31. The number of pyridine rings is 1. The van der Waals surface area contributed by atoms with E-state index in [-0.39, 0.29) is 0 Å². The monoisotopic (exact) mass is 313 g/mol. The number of benzene rings is 1. The lowest BCUT2D eigenvalue weighted by atomic mass is 10.2. The van der Waals surface area contributed by atoms with Crippen LogP contribution in [-0.4, -0.2) is 10.9 Å². The van der Waals surface area contributed by atoms with Gasteiger partial charge in [-0.15, -0.1) is 11.6 Å². The van der Waals surface area contributed by atoms with Gasteiger partial charge in [-0.2, -0.15) is 4.40 Å². The Morgan fingerprint density at radius 2 is 1.95 bits per heavy atom. The van der Waals surface area contributed by atoms with Gasteiger partial charge in [-0.05, 0) is 29.1 Å². The summed E-state index contributed by atoms with van der Waals surface area (Å²) in [6.07, 6.45) is 4.88. The number of nitrogens with zero attached hydrogens (tertiary/aromatic N) is 2. The van der Waals surface area contributed by atoms with Crippen LogP contribution in [0.1, 0.15) is 16.8 Å². The number of aromatic nitrogens is 2. The second-order valence-electron chi connectivity index (χ2n) is 5.17. The molecule has 3 rings (SSSR count). The Labute approximate surface area is 135 Å². The van der Waals surface area contributed by atoms with Gasteiger partial charge in [0.2, 0.25) is 5.75 Å². The number of hydrogen-bond acceptors (Lipinski definition) is 2. The molecule has 0 saturated heterocycles. The Morgan fingerprint density at radius 3 is 2.73 bits per heavy atom. The minimum absolute atomic E-state index is 0.532. The topological polar surface area (TPSA) is 26.2 Å². The summed E-state index contributed by atoms with van der Waals surface area (Å²) in [5, 5.41) is 0. The lowest BCUT2D eigenvalue weighted by Gasteiger charge is -2.06. The predicted molar refractivity (Wildman–Crippen MR) is 87.3 cm³/mol. The number of aryl methyl sites for hydroxylation is 2. The summed E-state index contributed by atoms with van der Waals surface area (Å²) in [4.78, 5) is 4.69. The van der Waals surface area contributed by atoms with Crippen LogP contribution in [-0.2, 0) is 13.0 Å². The first-order valence-corrected chi connectivity index (χ1v) is 7.84. The molecule has 112 valence electrons. The molecule has 0 amide bonds. The summed E-state index contributed by atoms with van der Waals surface area (Å²) in [6, 6.07) is 14.0. The number of rotatable bonds is 5. The number of ether oxygens (including phenoxy) is 1. The molecule has 0 aliphatic carbocycles. The highest BCUT2D eigenvalue weighted by Gasteiger charge is 2.16. The van der Waals surface area contributed by atoms with Crippen LogP contribution >= 0.6 is 11.6 Å². The zero-order chi connectivity index (χ0) is 15.4. The standard InChI is InChI=1S/C18H18ClN2O/c1-14-16(9-10-19)12-21-11-5-8-17(18(21)20-14)22-13-15-6-3-2-4-7-15/h2-8,11-12H,9-10,13H2,1H3/q+1. The minimum atomic E-state index is 0.532. The third-order valence-electron chi connectivity index (χ3n) is 3.59. The van der Waals surface area contributed by atoms with E-state index >= 15 is 0 Å². The van der Waals surface area contributed by atoms with Crippen LogP contribution in [0, 0.1) is 6.92 Å². The summed E-state index contributed by atoms with van der Waals surface area (Å²) in [5.74, 6) is 1.38. The van der Waals surface area contributed by atoms with E-state index in [0.29, 0.717) is 12.5 Å². The van der Waals surface area contributed by atoms with Crippen LogP contribution in [0.4, 0.5) is 0 Å². The van der Waals surface area contributed by atoms with Crippen molar-refractivity contribution in [3.05, 3.63) is 71.7 Å². The number of hydrogen-bond donors (Lipinski definition) is 0. The van der Waals surface area contributed by atoms with Crippen molar-refractivity contribution >= 4 is 17.2 Å². The van der Waals surface area contributed by atoms with E-state index in [1.807, 2.05) is 47.9 Å². The summed E-state index contributed by atoms with van der Waals surface area (Å²) in [7, 11) is 0. The molecule has 0 saturated carbocycles. The van der Waals surface area contributed by atoms with Gasteiger partial charge in [0.05, 0.1) is 6.20 Å². The molecule has 2 heterocycles. The molecule has 0 spiro atoms. The fourth-order valence-corrected chi connectivity index (χ4v) is 2.60. The highest BCUT2D eigenvalue weighted by Crippen LogP contribution is 2.17.